The summed E-state index contributed by atoms with van der Waals surface area (Å²) in [4.78, 5) is 17.4. The molecule has 130 valence electrons. The van der Waals surface area contributed by atoms with Crippen molar-refractivity contribution >= 4 is 16.6 Å². The van der Waals surface area contributed by atoms with Gasteiger partial charge in [-0.25, -0.2) is 4.98 Å². The van der Waals surface area contributed by atoms with Gasteiger partial charge in [0, 0.05) is 56.0 Å². The number of rotatable bonds is 4. The molecule has 25 heavy (non-hydrogen) atoms. The Hall–Kier alpha value is -2.74. The minimum absolute atomic E-state index is 0.103. The first-order valence-corrected chi connectivity index (χ1v) is 8.34. The lowest BCUT2D eigenvalue weighted by atomic mass is 10.1. The number of non-ortho nitro benzene ring substituents is 1. The van der Waals surface area contributed by atoms with Crippen LogP contribution in [0.25, 0.3) is 10.9 Å². The highest BCUT2D eigenvalue weighted by Gasteiger charge is 2.27. The molecule has 1 atom stereocenters. The van der Waals surface area contributed by atoms with Crippen molar-refractivity contribution in [1.29, 1.82) is 0 Å². The molecule has 1 saturated heterocycles. The zero-order valence-corrected chi connectivity index (χ0v) is 14.3. The van der Waals surface area contributed by atoms with E-state index in [0.29, 0.717) is 12.6 Å². The smallest absolute Gasteiger partial charge is 0.270 e. The van der Waals surface area contributed by atoms with Gasteiger partial charge in [-0.2, -0.15) is 5.10 Å². The maximum absolute atomic E-state index is 11.0. The zero-order valence-electron chi connectivity index (χ0n) is 14.3. The molecule has 0 N–H and O–H groups in total. The Bertz CT molecular complexity index is 944. The monoisotopic (exact) mass is 340 g/mol. The number of hydrogen-bond donors (Lipinski definition) is 0. The minimum Gasteiger partial charge on any atom is -0.338 e. The fraction of sp³-hybridized carbons (Fsp3) is 0.412. The zero-order chi connectivity index (χ0) is 17.6. The normalized spacial score (nSPS) is 18.2. The van der Waals surface area contributed by atoms with Gasteiger partial charge >= 0.3 is 0 Å². The Morgan fingerprint density at radius 2 is 2.24 bits per heavy atom. The molecule has 1 fully saturated rings. The molecular weight excluding hydrogens is 320 g/mol. The Morgan fingerprint density at radius 1 is 1.40 bits per heavy atom. The summed E-state index contributed by atoms with van der Waals surface area (Å²) in [5.41, 5.74) is 1.85. The number of benzene rings is 1. The van der Waals surface area contributed by atoms with Crippen molar-refractivity contribution in [2.75, 3.05) is 13.1 Å². The van der Waals surface area contributed by atoms with E-state index in [0.717, 1.165) is 41.9 Å². The summed E-state index contributed by atoms with van der Waals surface area (Å²) in [5, 5.41) is 16.4. The van der Waals surface area contributed by atoms with Crippen molar-refractivity contribution in [3.8, 4) is 0 Å². The third-order valence-corrected chi connectivity index (χ3v) is 4.96. The van der Waals surface area contributed by atoms with Gasteiger partial charge in [-0.3, -0.25) is 19.7 Å². The number of aromatic nitrogens is 4. The number of nitro benzene ring substituents is 1. The van der Waals surface area contributed by atoms with E-state index in [1.54, 1.807) is 18.2 Å². The Balaban J connectivity index is 1.55. The molecule has 0 amide bonds. The van der Waals surface area contributed by atoms with Crippen molar-refractivity contribution in [2.45, 2.75) is 25.9 Å². The van der Waals surface area contributed by atoms with Gasteiger partial charge in [0.05, 0.1) is 22.8 Å². The summed E-state index contributed by atoms with van der Waals surface area (Å²) in [6.07, 6.45) is 4.90. The first-order valence-electron chi connectivity index (χ1n) is 8.34. The minimum atomic E-state index is -0.367. The second-order valence-corrected chi connectivity index (χ2v) is 6.64. The standard InChI is InChI=1S/C17H20N6O2/c1-12-15-9-14(23(24)25)3-4-16(15)22(19-12)11-21-7-5-13(10-21)17-18-6-8-20(17)2/h3-4,6,8-9,13H,5,7,10-11H2,1-2H3. The van der Waals surface area contributed by atoms with E-state index in [-0.39, 0.29) is 10.6 Å². The summed E-state index contributed by atoms with van der Waals surface area (Å²) in [5.74, 6) is 1.56. The van der Waals surface area contributed by atoms with Gasteiger partial charge in [0.2, 0.25) is 0 Å². The van der Waals surface area contributed by atoms with Crippen LogP contribution in [0.5, 0.6) is 0 Å². The molecule has 8 nitrogen and oxygen atoms in total. The summed E-state index contributed by atoms with van der Waals surface area (Å²) < 4.78 is 4.02. The van der Waals surface area contributed by atoms with Crippen LogP contribution in [0.4, 0.5) is 5.69 Å². The van der Waals surface area contributed by atoms with Crippen LogP contribution >= 0.6 is 0 Å². The number of likely N-dealkylation sites (tertiary alicyclic amines) is 1. The molecule has 0 bridgehead atoms. The summed E-state index contributed by atoms with van der Waals surface area (Å²) in [6.45, 7) is 4.51. The first kappa shape index (κ1) is 15.8. The molecule has 8 heteroatoms. The topological polar surface area (TPSA) is 82.0 Å². The lowest BCUT2D eigenvalue weighted by Crippen LogP contribution is -2.24. The highest BCUT2D eigenvalue weighted by molar-refractivity contribution is 5.84. The second kappa shape index (κ2) is 5.96. The van der Waals surface area contributed by atoms with Gasteiger partial charge < -0.3 is 4.57 Å². The molecule has 0 aliphatic carbocycles. The molecule has 4 rings (SSSR count). The molecule has 1 aromatic carbocycles. The molecule has 3 heterocycles. The van der Waals surface area contributed by atoms with E-state index in [9.17, 15) is 10.1 Å². The van der Waals surface area contributed by atoms with Crippen LogP contribution in [0.1, 0.15) is 23.9 Å². The van der Waals surface area contributed by atoms with E-state index in [4.69, 9.17) is 0 Å². The predicted molar refractivity (Wildman–Crippen MR) is 93.3 cm³/mol. The van der Waals surface area contributed by atoms with Crippen molar-refractivity contribution < 1.29 is 4.92 Å². The largest absolute Gasteiger partial charge is 0.338 e. The summed E-state index contributed by atoms with van der Waals surface area (Å²) in [7, 11) is 2.03. The number of aryl methyl sites for hydroxylation is 2. The number of hydrogen-bond acceptors (Lipinski definition) is 5. The van der Waals surface area contributed by atoms with Crippen LogP contribution in [0.3, 0.4) is 0 Å². The lowest BCUT2D eigenvalue weighted by Gasteiger charge is -2.16. The second-order valence-electron chi connectivity index (χ2n) is 6.64. The van der Waals surface area contributed by atoms with Crippen LogP contribution in [0.2, 0.25) is 0 Å². The third kappa shape index (κ3) is 2.78. The van der Waals surface area contributed by atoms with Gasteiger partial charge in [0.25, 0.3) is 5.69 Å². The summed E-state index contributed by atoms with van der Waals surface area (Å²) >= 11 is 0. The Labute approximate surface area is 144 Å². The Morgan fingerprint density at radius 3 is 2.96 bits per heavy atom. The third-order valence-electron chi connectivity index (χ3n) is 4.96. The molecule has 1 aliphatic heterocycles. The number of nitrogens with zero attached hydrogens (tertiary/aromatic N) is 6. The van der Waals surface area contributed by atoms with Gasteiger partial charge in [-0.15, -0.1) is 0 Å². The van der Waals surface area contributed by atoms with Gasteiger partial charge in [-0.05, 0) is 19.4 Å². The highest BCUT2D eigenvalue weighted by atomic mass is 16.6. The maximum atomic E-state index is 11.0. The van der Waals surface area contributed by atoms with E-state index >= 15 is 0 Å². The molecule has 1 aliphatic rings. The van der Waals surface area contributed by atoms with Crippen molar-refractivity contribution in [1.82, 2.24) is 24.2 Å². The maximum Gasteiger partial charge on any atom is 0.270 e. The van der Waals surface area contributed by atoms with E-state index in [1.807, 2.05) is 31.0 Å². The fourth-order valence-corrected chi connectivity index (χ4v) is 3.68. The van der Waals surface area contributed by atoms with Gasteiger partial charge in [0.15, 0.2) is 0 Å². The van der Waals surface area contributed by atoms with Gasteiger partial charge in [-0.1, -0.05) is 0 Å². The Kier molecular flexibility index (Phi) is 3.76. The molecular formula is C17H20N6O2. The highest BCUT2D eigenvalue weighted by Crippen LogP contribution is 2.28. The quantitative estimate of drug-likeness (QED) is 0.538. The molecule has 3 aromatic rings. The van der Waals surface area contributed by atoms with E-state index < -0.39 is 0 Å². The van der Waals surface area contributed by atoms with Crippen LogP contribution in [-0.2, 0) is 13.7 Å². The molecule has 2 aromatic heterocycles. The molecule has 1 unspecified atom stereocenters. The van der Waals surface area contributed by atoms with Crippen LogP contribution in [0, 0.1) is 17.0 Å². The first-order chi connectivity index (χ1) is 12.0. The average Bonchev–Trinajstić information content (AvgIpc) is 3.28. The van der Waals surface area contributed by atoms with Crippen LogP contribution in [-0.4, -0.2) is 42.2 Å². The predicted octanol–water partition coefficient (Wildman–Crippen LogP) is 2.43. The number of imidazole rings is 1. The average molecular weight is 340 g/mol. The molecule has 0 spiro atoms. The lowest BCUT2D eigenvalue weighted by molar-refractivity contribution is -0.384. The molecule has 0 radical (unpaired) electrons. The summed E-state index contributed by atoms with van der Waals surface area (Å²) in [6, 6.07) is 4.94. The van der Waals surface area contributed by atoms with Gasteiger partial charge in [0.1, 0.15) is 5.82 Å². The van der Waals surface area contributed by atoms with Crippen molar-refractivity contribution in [2.24, 2.45) is 7.05 Å². The number of nitro groups is 1. The number of fused-ring (bicyclic) bond motifs is 1. The van der Waals surface area contributed by atoms with Crippen molar-refractivity contribution in [3.63, 3.8) is 0 Å². The van der Waals surface area contributed by atoms with Crippen LogP contribution < -0.4 is 0 Å². The van der Waals surface area contributed by atoms with E-state index in [2.05, 4.69) is 19.5 Å². The molecule has 0 saturated carbocycles. The van der Waals surface area contributed by atoms with Crippen molar-refractivity contribution in [3.05, 3.63) is 52.2 Å². The SMILES string of the molecule is Cc1nn(CN2CCC(c3nccn3C)C2)c2ccc([N+](=O)[O-])cc12. The fourth-order valence-electron chi connectivity index (χ4n) is 3.68. The van der Waals surface area contributed by atoms with Crippen LogP contribution in [0.15, 0.2) is 30.6 Å². The van der Waals surface area contributed by atoms with E-state index in [1.165, 1.54) is 0 Å².